The minimum atomic E-state index is 0.234. The van der Waals surface area contributed by atoms with E-state index in [1.165, 1.54) is 5.69 Å². The van der Waals surface area contributed by atoms with E-state index in [1.807, 2.05) is 6.92 Å². The number of piperidine rings is 1. The van der Waals surface area contributed by atoms with E-state index in [1.54, 1.807) is 0 Å². The lowest BCUT2D eigenvalue weighted by atomic mass is 9.94. The number of aryl methyl sites for hydroxylation is 2. The molecule has 0 spiro atoms. The van der Waals surface area contributed by atoms with Gasteiger partial charge in [0.1, 0.15) is 5.78 Å². The average Bonchev–Trinajstić information content (AvgIpc) is 2.72. The number of nitrogens with zero attached hydrogens (tertiary/aromatic N) is 3. The standard InChI is InChI=1S/C14H23N3O/c1-4-12-9-16(7-6-14(12)18)10-13-8-11(3)15-17(13)5-2/h8,12H,4-7,9-10H2,1-3H3. The Kier molecular flexibility index (Phi) is 4.17. The van der Waals surface area contributed by atoms with Gasteiger partial charge in [-0.3, -0.25) is 14.4 Å². The van der Waals surface area contributed by atoms with E-state index in [0.29, 0.717) is 12.2 Å². The van der Waals surface area contributed by atoms with Crippen LogP contribution >= 0.6 is 0 Å². The van der Waals surface area contributed by atoms with Crippen LogP contribution in [0.15, 0.2) is 6.07 Å². The number of hydrogen-bond donors (Lipinski definition) is 0. The second-order valence-electron chi connectivity index (χ2n) is 5.15. The van der Waals surface area contributed by atoms with Crippen molar-refractivity contribution in [2.75, 3.05) is 13.1 Å². The highest BCUT2D eigenvalue weighted by molar-refractivity contribution is 5.82. The summed E-state index contributed by atoms with van der Waals surface area (Å²) in [5.74, 6) is 0.673. The third-order valence-electron chi connectivity index (χ3n) is 3.77. The Hall–Kier alpha value is -1.16. The Balaban J connectivity index is 2.03. The SMILES string of the molecule is CCC1CN(Cc2cc(C)nn2CC)CCC1=O. The molecule has 4 heteroatoms. The van der Waals surface area contributed by atoms with Crippen LogP contribution < -0.4 is 0 Å². The third-order valence-corrected chi connectivity index (χ3v) is 3.77. The van der Waals surface area contributed by atoms with Crippen molar-refractivity contribution in [1.82, 2.24) is 14.7 Å². The van der Waals surface area contributed by atoms with Crippen molar-refractivity contribution in [3.8, 4) is 0 Å². The van der Waals surface area contributed by atoms with Gasteiger partial charge in [0.25, 0.3) is 0 Å². The predicted octanol–water partition coefficient (Wildman–Crippen LogP) is 2.01. The van der Waals surface area contributed by atoms with E-state index in [2.05, 4.69) is 34.6 Å². The summed E-state index contributed by atoms with van der Waals surface area (Å²) in [6.07, 6.45) is 1.67. The summed E-state index contributed by atoms with van der Waals surface area (Å²) in [5.41, 5.74) is 2.34. The Morgan fingerprint density at radius 2 is 2.22 bits per heavy atom. The van der Waals surface area contributed by atoms with Crippen molar-refractivity contribution in [2.45, 2.75) is 46.7 Å². The van der Waals surface area contributed by atoms with Crippen LogP contribution in [0.5, 0.6) is 0 Å². The van der Waals surface area contributed by atoms with Crippen LogP contribution in [-0.4, -0.2) is 33.6 Å². The van der Waals surface area contributed by atoms with Gasteiger partial charge in [0.2, 0.25) is 0 Å². The molecule has 0 aliphatic carbocycles. The number of rotatable bonds is 4. The minimum absolute atomic E-state index is 0.234. The molecule has 1 aromatic heterocycles. The molecule has 1 aromatic rings. The smallest absolute Gasteiger partial charge is 0.138 e. The van der Waals surface area contributed by atoms with E-state index in [0.717, 1.165) is 38.3 Å². The van der Waals surface area contributed by atoms with Gasteiger partial charge in [-0.15, -0.1) is 0 Å². The summed E-state index contributed by atoms with van der Waals surface area (Å²) in [7, 11) is 0. The number of likely N-dealkylation sites (tertiary alicyclic amines) is 1. The maximum Gasteiger partial charge on any atom is 0.138 e. The molecular formula is C14H23N3O. The van der Waals surface area contributed by atoms with Gasteiger partial charge in [0.05, 0.1) is 11.4 Å². The second kappa shape index (κ2) is 5.65. The highest BCUT2D eigenvalue weighted by Gasteiger charge is 2.26. The van der Waals surface area contributed by atoms with Crippen molar-refractivity contribution in [2.24, 2.45) is 5.92 Å². The van der Waals surface area contributed by atoms with Gasteiger partial charge in [-0.1, -0.05) is 6.92 Å². The molecule has 0 saturated carbocycles. The molecule has 1 fully saturated rings. The molecule has 100 valence electrons. The maximum atomic E-state index is 11.7. The van der Waals surface area contributed by atoms with E-state index in [4.69, 9.17) is 0 Å². The van der Waals surface area contributed by atoms with Crippen LogP contribution in [0, 0.1) is 12.8 Å². The van der Waals surface area contributed by atoms with Crippen molar-refractivity contribution in [3.63, 3.8) is 0 Å². The number of aromatic nitrogens is 2. The Morgan fingerprint density at radius 3 is 2.89 bits per heavy atom. The van der Waals surface area contributed by atoms with Gasteiger partial charge in [-0.05, 0) is 26.3 Å². The predicted molar refractivity (Wildman–Crippen MR) is 71.3 cm³/mol. The maximum absolute atomic E-state index is 11.7. The van der Waals surface area contributed by atoms with Gasteiger partial charge in [0.15, 0.2) is 0 Å². The topological polar surface area (TPSA) is 38.1 Å². The van der Waals surface area contributed by atoms with Crippen LogP contribution in [0.3, 0.4) is 0 Å². The van der Waals surface area contributed by atoms with Gasteiger partial charge >= 0.3 is 0 Å². The van der Waals surface area contributed by atoms with Gasteiger partial charge in [-0.25, -0.2) is 0 Å². The first kappa shape index (κ1) is 13.3. The normalized spacial score (nSPS) is 21.5. The molecule has 1 unspecified atom stereocenters. The van der Waals surface area contributed by atoms with E-state index >= 15 is 0 Å². The molecule has 1 aliphatic heterocycles. The summed E-state index contributed by atoms with van der Waals surface area (Å²) in [5, 5.41) is 4.47. The fraction of sp³-hybridized carbons (Fsp3) is 0.714. The molecular weight excluding hydrogens is 226 g/mol. The molecule has 18 heavy (non-hydrogen) atoms. The largest absolute Gasteiger partial charge is 0.299 e. The highest BCUT2D eigenvalue weighted by atomic mass is 16.1. The molecule has 1 atom stereocenters. The van der Waals surface area contributed by atoms with Gasteiger partial charge < -0.3 is 0 Å². The molecule has 0 radical (unpaired) electrons. The van der Waals surface area contributed by atoms with Crippen molar-refractivity contribution >= 4 is 5.78 Å². The highest BCUT2D eigenvalue weighted by Crippen LogP contribution is 2.18. The molecule has 4 nitrogen and oxygen atoms in total. The zero-order valence-electron chi connectivity index (χ0n) is 11.6. The van der Waals surface area contributed by atoms with Crippen LogP contribution in [0.2, 0.25) is 0 Å². The lowest BCUT2D eigenvalue weighted by Gasteiger charge is -2.31. The van der Waals surface area contributed by atoms with Crippen molar-refractivity contribution in [3.05, 3.63) is 17.5 Å². The van der Waals surface area contributed by atoms with Crippen molar-refractivity contribution in [1.29, 1.82) is 0 Å². The number of carbonyl (C=O) groups is 1. The molecule has 2 heterocycles. The monoisotopic (exact) mass is 249 g/mol. The lowest BCUT2D eigenvalue weighted by molar-refractivity contribution is -0.126. The first-order chi connectivity index (χ1) is 8.63. The first-order valence-electron chi connectivity index (χ1n) is 6.92. The van der Waals surface area contributed by atoms with Crippen LogP contribution in [0.1, 0.15) is 38.1 Å². The first-order valence-corrected chi connectivity index (χ1v) is 6.92. The number of hydrogen-bond acceptors (Lipinski definition) is 3. The molecule has 0 bridgehead atoms. The quantitative estimate of drug-likeness (QED) is 0.819. The zero-order valence-corrected chi connectivity index (χ0v) is 11.6. The Bertz CT molecular complexity index is 425. The molecule has 0 amide bonds. The number of Topliss-reactive ketones (excluding diaryl/α,β-unsaturated/α-hetero) is 1. The minimum Gasteiger partial charge on any atom is -0.299 e. The molecule has 1 saturated heterocycles. The molecule has 0 N–H and O–H groups in total. The Labute approximate surface area is 109 Å². The second-order valence-corrected chi connectivity index (χ2v) is 5.15. The summed E-state index contributed by atoms with van der Waals surface area (Å²) < 4.78 is 2.06. The van der Waals surface area contributed by atoms with Crippen LogP contribution in [-0.2, 0) is 17.9 Å². The van der Waals surface area contributed by atoms with E-state index in [9.17, 15) is 4.79 Å². The molecule has 0 aromatic carbocycles. The fourth-order valence-electron chi connectivity index (χ4n) is 2.71. The van der Waals surface area contributed by atoms with Gasteiger partial charge in [-0.2, -0.15) is 5.10 Å². The summed E-state index contributed by atoms with van der Waals surface area (Å²) in [4.78, 5) is 14.1. The molecule has 2 rings (SSSR count). The number of carbonyl (C=O) groups excluding carboxylic acids is 1. The van der Waals surface area contributed by atoms with Crippen molar-refractivity contribution < 1.29 is 4.79 Å². The van der Waals surface area contributed by atoms with Crippen LogP contribution in [0.25, 0.3) is 0 Å². The summed E-state index contributed by atoms with van der Waals surface area (Å²) >= 11 is 0. The zero-order chi connectivity index (χ0) is 13.1. The average molecular weight is 249 g/mol. The van der Waals surface area contributed by atoms with Gasteiger partial charge in [0, 0.05) is 38.5 Å². The third kappa shape index (κ3) is 2.80. The lowest BCUT2D eigenvalue weighted by Crippen LogP contribution is -2.40. The fourth-order valence-corrected chi connectivity index (χ4v) is 2.71. The summed E-state index contributed by atoms with van der Waals surface area (Å²) in [6, 6.07) is 2.15. The summed E-state index contributed by atoms with van der Waals surface area (Å²) in [6.45, 7) is 9.87. The van der Waals surface area contributed by atoms with E-state index < -0.39 is 0 Å². The molecule has 1 aliphatic rings. The number of ketones is 1. The Morgan fingerprint density at radius 1 is 1.44 bits per heavy atom. The van der Waals surface area contributed by atoms with E-state index in [-0.39, 0.29) is 5.92 Å². The van der Waals surface area contributed by atoms with Crippen LogP contribution in [0.4, 0.5) is 0 Å².